The van der Waals surface area contributed by atoms with Crippen LogP contribution in [0.4, 0.5) is 5.69 Å². The molecule has 0 bridgehead atoms. The van der Waals surface area contributed by atoms with Crippen molar-refractivity contribution in [1.82, 2.24) is 14.6 Å². The van der Waals surface area contributed by atoms with Crippen molar-refractivity contribution in [3.8, 4) is 0 Å². The molecule has 5 heteroatoms. The van der Waals surface area contributed by atoms with Gasteiger partial charge in [-0.25, -0.2) is 0 Å². The van der Waals surface area contributed by atoms with E-state index in [9.17, 15) is 0 Å². The van der Waals surface area contributed by atoms with Crippen LogP contribution in [0.25, 0.3) is 5.65 Å². The van der Waals surface area contributed by atoms with Gasteiger partial charge in [-0.1, -0.05) is 28.1 Å². The molecule has 0 aliphatic heterocycles. The molecule has 2 heterocycles. The Hall–Kier alpha value is -1.88. The molecule has 2 N–H and O–H groups in total. The van der Waals surface area contributed by atoms with E-state index in [1.165, 1.54) is 5.56 Å². The Morgan fingerprint density at radius 1 is 1.17 bits per heavy atom. The summed E-state index contributed by atoms with van der Waals surface area (Å²) in [7, 11) is 0. The van der Waals surface area contributed by atoms with Crippen LogP contribution < -0.4 is 5.73 Å². The van der Waals surface area contributed by atoms with Crippen LogP contribution in [0.3, 0.4) is 0 Å². The average Bonchev–Trinajstić information content (AvgIpc) is 2.72. The highest BCUT2D eigenvalue weighted by Crippen LogP contribution is 2.16. The van der Waals surface area contributed by atoms with Crippen molar-refractivity contribution < 1.29 is 0 Å². The Balaban J connectivity index is 2.00. The molecule has 0 aliphatic carbocycles. The fourth-order valence-corrected chi connectivity index (χ4v) is 2.35. The van der Waals surface area contributed by atoms with Crippen molar-refractivity contribution in [2.24, 2.45) is 0 Å². The van der Waals surface area contributed by atoms with E-state index in [2.05, 4.69) is 38.3 Å². The zero-order valence-corrected chi connectivity index (χ0v) is 11.1. The maximum atomic E-state index is 5.72. The number of halogens is 1. The Labute approximate surface area is 113 Å². The summed E-state index contributed by atoms with van der Waals surface area (Å²) in [6.45, 7) is 0. The smallest absolute Gasteiger partial charge is 0.162 e. The lowest BCUT2D eigenvalue weighted by molar-refractivity contribution is 0.934. The van der Waals surface area contributed by atoms with E-state index in [4.69, 9.17) is 5.73 Å². The molecular formula is C13H11BrN4. The third-order valence-corrected chi connectivity index (χ3v) is 3.25. The topological polar surface area (TPSA) is 56.2 Å². The zero-order chi connectivity index (χ0) is 12.5. The normalized spacial score (nSPS) is 10.9. The van der Waals surface area contributed by atoms with Crippen LogP contribution in [0, 0.1) is 0 Å². The van der Waals surface area contributed by atoms with Gasteiger partial charge in [-0.15, -0.1) is 10.2 Å². The standard InChI is InChI=1S/C13H11BrN4/c14-10-3-1-2-9(6-10)7-12-16-17-13-8-11(15)4-5-18(12)13/h1-6,8H,7,15H2. The number of nitrogens with zero attached hydrogens (tertiary/aromatic N) is 3. The summed E-state index contributed by atoms with van der Waals surface area (Å²) in [5, 5.41) is 8.32. The molecule has 2 aromatic heterocycles. The summed E-state index contributed by atoms with van der Waals surface area (Å²) in [6, 6.07) is 11.8. The fourth-order valence-electron chi connectivity index (χ4n) is 1.91. The summed E-state index contributed by atoms with van der Waals surface area (Å²) in [6.07, 6.45) is 2.64. The first-order chi connectivity index (χ1) is 8.72. The number of hydrogen-bond donors (Lipinski definition) is 1. The van der Waals surface area contributed by atoms with Gasteiger partial charge in [0.2, 0.25) is 0 Å². The number of fused-ring (bicyclic) bond motifs is 1. The monoisotopic (exact) mass is 302 g/mol. The molecule has 0 radical (unpaired) electrons. The predicted octanol–water partition coefficient (Wildman–Crippen LogP) is 2.66. The van der Waals surface area contributed by atoms with Crippen LogP contribution in [-0.2, 0) is 6.42 Å². The van der Waals surface area contributed by atoms with E-state index in [0.717, 1.165) is 22.4 Å². The molecule has 3 rings (SSSR count). The van der Waals surface area contributed by atoms with Gasteiger partial charge in [-0.3, -0.25) is 4.40 Å². The summed E-state index contributed by atoms with van der Waals surface area (Å²) in [4.78, 5) is 0. The first kappa shape index (κ1) is 11.2. The van der Waals surface area contributed by atoms with Crippen LogP contribution in [0.1, 0.15) is 11.4 Å². The quantitative estimate of drug-likeness (QED) is 0.792. The van der Waals surface area contributed by atoms with Crippen LogP contribution >= 0.6 is 15.9 Å². The highest BCUT2D eigenvalue weighted by molar-refractivity contribution is 9.10. The van der Waals surface area contributed by atoms with Gasteiger partial charge in [0.15, 0.2) is 5.65 Å². The second-order valence-corrected chi connectivity index (χ2v) is 5.03. The van der Waals surface area contributed by atoms with Crippen molar-refractivity contribution in [1.29, 1.82) is 0 Å². The summed E-state index contributed by atoms with van der Waals surface area (Å²) in [5.41, 5.74) is 8.38. The van der Waals surface area contributed by atoms with Gasteiger partial charge in [0.25, 0.3) is 0 Å². The van der Waals surface area contributed by atoms with Crippen molar-refractivity contribution in [3.63, 3.8) is 0 Å². The molecule has 18 heavy (non-hydrogen) atoms. The van der Waals surface area contributed by atoms with E-state index >= 15 is 0 Å². The number of aromatic nitrogens is 3. The van der Waals surface area contributed by atoms with Crippen LogP contribution in [0.5, 0.6) is 0 Å². The minimum absolute atomic E-state index is 0.698. The first-order valence-electron chi connectivity index (χ1n) is 5.56. The SMILES string of the molecule is Nc1ccn2c(Cc3cccc(Br)c3)nnc2c1. The molecule has 0 spiro atoms. The molecule has 0 atom stereocenters. The number of hydrogen-bond acceptors (Lipinski definition) is 3. The second kappa shape index (κ2) is 4.42. The Morgan fingerprint density at radius 2 is 2.06 bits per heavy atom. The van der Waals surface area contributed by atoms with Gasteiger partial charge >= 0.3 is 0 Å². The minimum atomic E-state index is 0.698. The van der Waals surface area contributed by atoms with E-state index in [1.54, 1.807) is 0 Å². The molecule has 4 nitrogen and oxygen atoms in total. The summed E-state index contributed by atoms with van der Waals surface area (Å²) < 4.78 is 3.02. The van der Waals surface area contributed by atoms with Crippen molar-refractivity contribution >= 4 is 27.3 Å². The molecule has 0 saturated carbocycles. The van der Waals surface area contributed by atoms with E-state index < -0.39 is 0 Å². The first-order valence-corrected chi connectivity index (χ1v) is 6.35. The zero-order valence-electron chi connectivity index (χ0n) is 9.55. The van der Waals surface area contributed by atoms with Gasteiger partial charge in [-0.2, -0.15) is 0 Å². The highest BCUT2D eigenvalue weighted by atomic mass is 79.9. The van der Waals surface area contributed by atoms with Crippen molar-refractivity contribution in [3.05, 3.63) is 58.5 Å². The molecular weight excluding hydrogens is 292 g/mol. The second-order valence-electron chi connectivity index (χ2n) is 4.11. The molecule has 90 valence electrons. The van der Waals surface area contributed by atoms with Gasteiger partial charge in [0.1, 0.15) is 5.82 Å². The third kappa shape index (κ3) is 2.09. The maximum Gasteiger partial charge on any atom is 0.162 e. The minimum Gasteiger partial charge on any atom is -0.399 e. The van der Waals surface area contributed by atoms with Crippen LogP contribution in [-0.4, -0.2) is 14.6 Å². The number of anilines is 1. The van der Waals surface area contributed by atoms with Crippen molar-refractivity contribution in [2.75, 3.05) is 5.73 Å². The number of benzene rings is 1. The molecule has 1 aromatic carbocycles. The Morgan fingerprint density at radius 3 is 2.89 bits per heavy atom. The number of pyridine rings is 1. The van der Waals surface area contributed by atoms with E-state index in [1.807, 2.05) is 34.9 Å². The lowest BCUT2D eigenvalue weighted by Gasteiger charge is -2.01. The summed E-state index contributed by atoms with van der Waals surface area (Å²) in [5.74, 6) is 0.906. The number of nitrogen functional groups attached to an aromatic ring is 1. The van der Waals surface area contributed by atoms with Gasteiger partial charge in [0.05, 0.1) is 0 Å². The number of nitrogens with two attached hydrogens (primary N) is 1. The molecule has 0 unspecified atom stereocenters. The number of rotatable bonds is 2. The average molecular weight is 303 g/mol. The van der Waals surface area contributed by atoms with E-state index in [-0.39, 0.29) is 0 Å². The van der Waals surface area contributed by atoms with Crippen molar-refractivity contribution in [2.45, 2.75) is 6.42 Å². The largest absolute Gasteiger partial charge is 0.399 e. The fraction of sp³-hybridized carbons (Fsp3) is 0.0769. The molecule has 0 amide bonds. The molecule has 0 aliphatic rings. The van der Waals surface area contributed by atoms with Crippen LogP contribution in [0.15, 0.2) is 47.1 Å². The van der Waals surface area contributed by atoms with Gasteiger partial charge in [0, 0.05) is 28.8 Å². The predicted molar refractivity (Wildman–Crippen MR) is 74.3 cm³/mol. The Kier molecular flexibility index (Phi) is 2.76. The molecule has 0 saturated heterocycles. The van der Waals surface area contributed by atoms with Crippen LogP contribution in [0.2, 0.25) is 0 Å². The highest BCUT2D eigenvalue weighted by Gasteiger charge is 2.06. The van der Waals surface area contributed by atoms with Gasteiger partial charge in [-0.05, 0) is 23.8 Å². The third-order valence-electron chi connectivity index (χ3n) is 2.76. The Bertz CT molecular complexity index is 705. The van der Waals surface area contributed by atoms with E-state index in [0.29, 0.717) is 5.69 Å². The molecule has 3 aromatic rings. The lowest BCUT2D eigenvalue weighted by atomic mass is 10.1. The summed E-state index contributed by atoms with van der Waals surface area (Å²) >= 11 is 3.47. The maximum absolute atomic E-state index is 5.72. The molecule has 0 fully saturated rings. The van der Waals surface area contributed by atoms with Gasteiger partial charge < -0.3 is 5.73 Å². The lowest BCUT2D eigenvalue weighted by Crippen LogP contribution is -1.97.